The van der Waals surface area contributed by atoms with Crippen molar-refractivity contribution in [2.24, 2.45) is 0 Å². The molecule has 4 nitrogen and oxygen atoms in total. The Kier molecular flexibility index (Phi) is 3.07. The highest BCUT2D eigenvalue weighted by atomic mass is 16.2. The number of benzene rings is 1. The number of fused-ring (bicyclic) bond motifs is 1. The number of aryl methyl sites for hydroxylation is 1. The van der Waals surface area contributed by atoms with E-state index in [4.69, 9.17) is 0 Å². The molecular weight excluding hydrogens is 240 g/mol. The Morgan fingerprint density at radius 1 is 1.21 bits per heavy atom. The molecule has 0 radical (unpaired) electrons. The number of hydrogen-bond acceptors (Lipinski definition) is 2. The minimum atomic E-state index is 0.0488. The van der Waals surface area contributed by atoms with Gasteiger partial charge in [0.1, 0.15) is 0 Å². The molecule has 0 unspecified atom stereocenters. The van der Waals surface area contributed by atoms with Gasteiger partial charge in [-0.3, -0.25) is 9.59 Å². The molecule has 0 aliphatic carbocycles. The molecule has 0 fully saturated rings. The summed E-state index contributed by atoms with van der Waals surface area (Å²) in [4.78, 5) is 25.5. The number of rotatable bonds is 1. The van der Waals surface area contributed by atoms with Crippen LogP contribution in [0.5, 0.6) is 0 Å². The van der Waals surface area contributed by atoms with E-state index in [1.165, 1.54) is 0 Å². The SMILES string of the molecule is O=C1CCc2cc(C(=O)N3CC=CCC3)ccc2N1. The fraction of sp³-hybridized carbons (Fsp3) is 0.333. The Morgan fingerprint density at radius 2 is 2.11 bits per heavy atom. The molecule has 0 aromatic heterocycles. The second kappa shape index (κ2) is 4.88. The van der Waals surface area contributed by atoms with Crippen molar-refractivity contribution in [1.29, 1.82) is 0 Å². The Balaban J connectivity index is 1.83. The minimum absolute atomic E-state index is 0.0488. The van der Waals surface area contributed by atoms with Crippen LogP contribution in [0.2, 0.25) is 0 Å². The second-order valence-electron chi connectivity index (χ2n) is 4.93. The van der Waals surface area contributed by atoms with Gasteiger partial charge in [-0.15, -0.1) is 0 Å². The van der Waals surface area contributed by atoms with Gasteiger partial charge in [-0.25, -0.2) is 0 Å². The molecule has 2 aliphatic heterocycles. The minimum Gasteiger partial charge on any atom is -0.335 e. The lowest BCUT2D eigenvalue weighted by atomic mass is 10.00. The molecule has 3 rings (SSSR count). The van der Waals surface area contributed by atoms with Crippen LogP contribution in [-0.4, -0.2) is 29.8 Å². The van der Waals surface area contributed by atoms with Crippen molar-refractivity contribution in [2.45, 2.75) is 19.3 Å². The number of carbonyl (C=O) groups is 2. The Bertz CT molecular complexity index is 563. The van der Waals surface area contributed by atoms with Gasteiger partial charge in [0.15, 0.2) is 0 Å². The number of amides is 2. The van der Waals surface area contributed by atoms with Crippen LogP contribution in [0.25, 0.3) is 0 Å². The fourth-order valence-corrected chi connectivity index (χ4v) is 2.52. The van der Waals surface area contributed by atoms with Crippen LogP contribution in [-0.2, 0) is 11.2 Å². The third kappa shape index (κ3) is 2.38. The number of hydrogen-bond donors (Lipinski definition) is 1. The van der Waals surface area contributed by atoms with Crippen molar-refractivity contribution < 1.29 is 9.59 Å². The van der Waals surface area contributed by atoms with Crippen molar-refractivity contribution in [3.63, 3.8) is 0 Å². The van der Waals surface area contributed by atoms with Crippen LogP contribution in [0, 0.1) is 0 Å². The summed E-state index contributed by atoms with van der Waals surface area (Å²) < 4.78 is 0. The van der Waals surface area contributed by atoms with Gasteiger partial charge in [0.2, 0.25) is 5.91 Å². The summed E-state index contributed by atoms with van der Waals surface area (Å²) in [5, 5.41) is 2.83. The predicted molar refractivity (Wildman–Crippen MR) is 73.1 cm³/mol. The Morgan fingerprint density at radius 3 is 2.89 bits per heavy atom. The van der Waals surface area contributed by atoms with E-state index in [0.29, 0.717) is 24.9 Å². The zero-order chi connectivity index (χ0) is 13.2. The van der Waals surface area contributed by atoms with E-state index in [0.717, 1.165) is 24.2 Å². The smallest absolute Gasteiger partial charge is 0.254 e. The van der Waals surface area contributed by atoms with Gasteiger partial charge < -0.3 is 10.2 Å². The van der Waals surface area contributed by atoms with Crippen molar-refractivity contribution in [3.8, 4) is 0 Å². The molecule has 98 valence electrons. The molecule has 0 saturated carbocycles. The van der Waals surface area contributed by atoms with Crippen molar-refractivity contribution >= 4 is 17.5 Å². The zero-order valence-corrected chi connectivity index (χ0v) is 10.7. The summed E-state index contributed by atoms with van der Waals surface area (Å²) in [5.41, 5.74) is 2.61. The molecule has 19 heavy (non-hydrogen) atoms. The van der Waals surface area contributed by atoms with Crippen LogP contribution in [0.3, 0.4) is 0 Å². The first-order chi connectivity index (χ1) is 9.24. The first kappa shape index (κ1) is 12.0. The van der Waals surface area contributed by atoms with Gasteiger partial charge in [0.25, 0.3) is 5.91 Å². The molecule has 0 atom stereocenters. The summed E-state index contributed by atoms with van der Waals surface area (Å²) in [6.07, 6.45) is 6.26. The standard InChI is InChI=1S/C15H16N2O2/c18-14-7-5-11-10-12(4-6-13(11)16-14)15(19)17-8-2-1-3-9-17/h1-2,4,6,10H,3,5,7-9H2,(H,16,18). The normalized spacial score (nSPS) is 17.9. The molecule has 1 aromatic rings. The Hall–Kier alpha value is -2.10. The van der Waals surface area contributed by atoms with Crippen LogP contribution < -0.4 is 5.32 Å². The fourth-order valence-electron chi connectivity index (χ4n) is 2.52. The van der Waals surface area contributed by atoms with Gasteiger partial charge >= 0.3 is 0 Å². The molecule has 1 aromatic carbocycles. The molecular formula is C15H16N2O2. The number of nitrogens with zero attached hydrogens (tertiary/aromatic N) is 1. The quantitative estimate of drug-likeness (QED) is 0.781. The molecule has 2 amide bonds. The summed E-state index contributed by atoms with van der Waals surface area (Å²) in [7, 11) is 0. The number of nitrogens with one attached hydrogen (secondary N) is 1. The molecule has 4 heteroatoms. The van der Waals surface area contributed by atoms with Crippen molar-refractivity contribution in [2.75, 3.05) is 18.4 Å². The first-order valence-corrected chi connectivity index (χ1v) is 6.61. The molecule has 0 saturated heterocycles. The van der Waals surface area contributed by atoms with E-state index in [1.54, 1.807) is 6.07 Å². The predicted octanol–water partition coefficient (Wildman–Crippen LogP) is 1.97. The molecule has 0 bridgehead atoms. The maximum atomic E-state index is 12.4. The lowest BCUT2D eigenvalue weighted by Crippen LogP contribution is -2.33. The third-order valence-electron chi connectivity index (χ3n) is 3.59. The van der Waals surface area contributed by atoms with Gasteiger partial charge in [0.05, 0.1) is 0 Å². The van der Waals surface area contributed by atoms with Crippen molar-refractivity contribution in [1.82, 2.24) is 4.90 Å². The topological polar surface area (TPSA) is 49.4 Å². The van der Waals surface area contributed by atoms with E-state index < -0.39 is 0 Å². The van der Waals surface area contributed by atoms with E-state index in [1.807, 2.05) is 23.1 Å². The van der Waals surface area contributed by atoms with Gasteiger partial charge in [-0.1, -0.05) is 12.2 Å². The Labute approximate surface area is 112 Å². The summed E-state index contributed by atoms with van der Waals surface area (Å²) in [5.74, 6) is 0.122. The molecule has 2 heterocycles. The lowest BCUT2D eigenvalue weighted by Gasteiger charge is -2.24. The van der Waals surface area contributed by atoms with E-state index in [2.05, 4.69) is 11.4 Å². The van der Waals surface area contributed by atoms with Crippen LogP contribution in [0.1, 0.15) is 28.8 Å². The third-order valence-corrected chi connectivity index (χ3v) is 3.59. The monoisotopic (exact) mass is 256 g/mol. The summed E-state index contributed by atoms with van der Waals surface area (Å²) in [6, 6.07) is 5.54. The van der Waals surface area contributed by atoms with Crippen LogP contribution in [0.15, 0.2) is 30.4 Å². The molecule has 1 N–H and O–H groups in total. The highest BCUT2D eigenvalue weighted by Crippen LogP contribution is 2.24. The maximum Gasteiger partial charge on any atom is 0.254 e. The summed E-state index contributed by atoms with van der Waals surface area (Å²) >= 11 is 0. The second-order valence-corrected chi connectivity index (χ2v) is 4.93. The van der Waals surface area contributed by atoms with E-state index in [9.17, 15) is 9.59 Å². The highest BCUT2D eigenvalue weighted by molar-refractivity contribution is 5.98. The summed E-state index contributed by atoms with van der Waals surface area (Å²) in [6.45, 7) is 1.47. The van der Waals surface area contributed by atoms with Crippen LogP contribution >= 0.6 is 0 Å². The average molecular weight is 256 g/mol. The van der Waals surface area contributed by atoms with Crippen molar-refractivity contribution in [3.05, 3.63) is 41.5 Å². The molecule has 0 spiro atoms. The van der Waals surface area contributed by atoms with Crippen LogP contribution in [0.4, 0.5) is 5.69 Å². The van der Waals surface area contributed by atoms with Gasteiger partial charge in [0, 0.05) is 30.8 Å². The maximum absolute atomic E-state index is 12.4. The average Bonchev–Trinajstić information content (AvgIpc) is 2.47. The van der Waals surface area contributed by atoms with E-state index in [-0.39, 0.29) is 11.8 Å². The molecule has 2 aliphatic rings. The number of carbonyl (C=O) groups excluding carboxylic acids is 2. The zero-order valence-electron chi connectivity index (χ0n) is 10.7. The lowest BCUT2D eigenvalue weighted by molar-refractivity contribution is -0.116. The van der Waals surface area contributed by atoms with Gasteiger partial charge in [-0.2, -0.15) is 0 Å². The van der Waals surface area contributed by atoms with Gasteiger partial charge in [-0.05, 0) is 36.6 Å². The largest absolute Gasteiger partial charge is 0.335 e. The first-order valence-electron chi connectivity index (χ1n) is 6.61. The highest BCUT2D eigenvalue weighted by Gasteiger charge is 2.19. The number of anilines is 1. The van der Waals surface area contributed by atoms with E-state index >= 15 is 0 Å².